The van der Waals surface area contributed by atoms with E-state index >= 15 is 0 Å². The van der Waals surface area contributed by atoms with Crippen LogP contribution in [0.4, 0.5) is 20.2 Å². The molecule has 1 aromatic rings. The van der Waals surface area contributed by atoms with Crippen LogP contribution in [0.2, 0.25) is 0 Å². The lowest BCUT2D eigenvalue weighted by Gasteiger charge is -2.38. The average molecular weight is 576 g/mol. The Morgan fingerprint density at radius 3 is 2.34 bits per heavy atom. The maximum atomic E-state index is 14.3. The number of rotatable bonds is 9. The molecule has 41 heavy (non-hydrogen) atoms. The number of guanidine groups is 1. The molecule has 2 heterocycles. The van der Waals surface area contributed by atoms with Crippen molar-refractivity contribution in [3.8, 4) is 0 Å². The lowest BCUT2D eigenvalue weighted by Crippen LogP contribution is -2.46. The highest BCUT2D eigenvalue weighted by atomic mass is 19.3. The number of halogens is 2. The van der Waals surface area contributed by atoms with Gasteiger partial charge in [0.1, 0.15) is 5.84 Å². The third kappa shape index (κ3) is 8.86. The molecule has 0 radical (unpaired) electrons. The van der Waals surface area contributed by atoms with Crippen molar-refractivity contribution in [3.63, 3.8) is 0 Å². The number of nitrogens with zero attached hydrogens (tertiary/aromatic N) is 5. The van der Waals surface area contributed by atoms with E-state index in [-0.39, 0.29) is 0 Å². The van der Waals surface area contributed by atoms with Crippen LogP contribution < -0.4 is 15.5 Å². The summed E-state index contributed by atoms with van der Waals surface area (Å²) in [5.74, 6) is 1.36. The summed E-state index contributed by atoms with van der Waals surface area (Å²) in [6.07, 6.45) is 5.81. The van der Waals surface area contributed by atoms with Gasteiger partial charge in [-0.1, -0.05) is 12.1 Å². The van der Waals surface area contributed by atoms with Crippen LogP contribution in [0, 0.1) is 5.92 Å². The number of benzene rings is 1. The second-order valence-corrected chi connectivity index (χ2v) is 10.9. The summed E-state index contributed by atoms with van der Waals surface area (Å²) in [6, 6.07) is 6.98. The van der Waals surface area contributed by atoms with Gasteiger partial charge in [-0.05, 0) is 56.7 Å². The summed E-state index contributed by atoms with van der Waals surface area (Å²) in [5, 5.41) is 6.58. The van der Waals surface area contributed by atoms with Crippen molar-refractivity contribution in [2.75, 3.05) is 83.5 Å². The Kier molecular flexibility index (Phi) is 12.2. The van der Waals surface area contributed by atoms with Gasteiger partial charge in [-0.25, -0.2) is 8.78 Å². The monoisotopic (exact) mass is 575 g/mol. The lowest BCUT2D eigenvalue weighted by molar-refractivity contribution is 0.00512. The van der Waals surface area contributed by atoms with Crippen LogP contribution in [-0.4, -0.2) is 113 Å². The Morgan fingerprint density at radius 2 is 1.71 bits per heavy atom. The molecule has 9 nitrogen and oxygen atoms in total. The zero-order chi connectivity index (χ0) is 29.0. The van der Waals surface area contributed by atoms with Crippen LogP contribution in [0.3, 0.4) is 0 Å². The predicted octanol–water partition coefficient (Wildman–Crippen LogP) is 3.90. The number of hydrogen-bond acceptors (Lipinski definition) is 6. The van der Waals surface area contributed by atoms with E-state index in [1.54, 1.807) is 19.0 Å². The minimum Gasteiger partial charge on any atom is -0.386 e. The second-order valence-electron chi connectivity index (χ2n) is 10.9. The van der Waals surface area contributed by atoms with Gasteiger partial charge in [-0.15, -0.1) is 0 Å². The lowest BCUT2D eigenvalue weighted by atomic mass is 9.85. The number of morpholine rings is 2. The van der Waals surface area contributed by atoms with Crippen LogP contribution in [0.25, 0.3) is 0 Å². The van der Waals surface area contributed by atoms with E-state index < -0.39 is 12.5 Å². The minimum atomic E-state index is -2.58. The van der Waals surface area contributed by atoms with Crippen molar-refractivity contribution in [1.29, 1.82) is 0 Å². The van der Waals surface area contributed by atoms with Crippen LogP contribution >= 0.6 is 0 Å². The SMILES string of the molecule is CN=C(/N=C(\C=C\N1CCOCC1)N(c1ccccc1NC)C(C)C(F)F)NCC1CCC(N2CCOCC2)CC1. The first-order valence-corrected chi connectivity index (χ1v) is 15.0. The highest BCUT2D eigenvalue weighted by molar-refractivity contribution is 6.12. The van der Waals surface area contributed by atoms with Crippen LogP contribution in [0.5, 0.6) is 0 Å². The number of para-hydroxylation sites is 2. The molecule has 0 bridgehead atoms. The first kappa shape index (κ1) is 31.2. The normalized spacial score (nSPS) is 24.1. The summed E-state index contributed by atoms with van der Waals surface area (Å²) in [6.45, 7) is 8.74. The number of hydrogen-bond donors (Lipinski definition) is 2. The first-order valence-electron chi connectivity index (χ1n) is 15.0. The minimum absolute atomic E-state index is 0.399. The molecule has 11 heteroatoms. The number of nitrogens with one attached hydrogen (secondary N) is 2. The van der Waals surface area contributed by atoms with Gasteiger partial charge in [0.25, 0.3) is 6.43 Å². The third-order valence-electron chi connectivity index (χ3n) is 8.29. The van der Waals surface area contributed by atoms with E-state index in [1.165, 1.54) is 19.8 Å². The van der Waals surface area contributed by atoms with Gasteiger partial charge >= 0.3 is 0 Å². The fraction of sp³-hybridized carbons (Fsp3) is 0.667. The molecule has 1 unspecified atom stereocenters. The first-order chi connectivity index (χ1) is 20.0. The van der Waals surface area contributed by atoms with E-state index in [9.17, 15) is 8.78 Å². The predicted molar refractivity (Wildman–Crippen MR) is 162 cm³/mol. The van der Waals surface area contributed by atoms with E-state index in [1.807, 2.05) is 36.5 Å². The summed E-state index contributed by atoms with van der Waals surface area (Å²) in [7, 11) is 3.48. The van der Waals surface area contributed by atoms with Crippen LogP contribution in [0.15, 0.2) is 46.5 Å². The molecule has 2 saturated heterocycles. The van der Waals surface area contributed by atoms with E-state index in [0.29, 0.717) is 42.7 Å². The standard InChI is InChI=1S/C30H47F2N7O2/c1-23(29(31)32)39(27-7-5-4-6-26(27)33-2)28(12-13-37-14-18-40-19-15-37)36-30(34-3)35-22-24-8-10-25(11-9-24)38-16-20-41-21-17-38/h4-7,12-13,23-25,29,33H,8-11,14-22H2,1-3H3,(H,34,35)/b13-12+,36-28+. The molecule has 0 spiro atoms. The number of anilines is 2. The third-order valence-corrected chi connectivity index (χ3v) is 8.29. The smallest absolute Gasteiger partial charge is 0.258 e. The Labute approximate surface area is 243 Å². The topological polar surface area (TPSA) is 77.0 Å². The average Bonchev–Trinajstić information content (AvgIpc) is 3.03. The van der Waals surface area contributed by atoms with E-state index in [4.69, 9.17) is 14.5 Å². The zero-order valence-corrected chi connectivity index (χ0v) is 24.8. The molecule has 0 amide bonds. The summed E-state index contributed by atoms with van der Waals surface area (Å²) in [4.78, 5) is 15.6. The quantitative estimate of drug-likeness (QED) is 0.342. The van der Waals surface area contributed by atoms with Gasteiger partial charge in [-0.3, -0.25) is 9.89 Å². The molecular formula is C30H47F2N7O2. The zero-order valence-electron chi connectivity index (χ0n) is 24.8. The van der Waals surface area contributed by atoms with Gasteiger partial charge in [-0.2, -0.15) is 4.99 Å². The van der Waals surface area contributed by atoms with E-state index in [2.05, 4.69) is 25.4 Å². The van der Waals surface area contributed by atoms with Crippen molar-refractivity contribution in [1.82, 2.24) is 15.1 Å². The molecule has 3 fully saturated rings. The number of aliphatic imine (C=N–C) groups is 2. The molecular weight excluding hydrogens is 528 g/mol. The van der Waals surface area contributed by atoms with Crippen molar-refractivity contribution in [2.24, 2.45) is 15.9 Å². The highest BCUT2D eigenvalue weighted by Gasteiger charge is 2.29. The molecule has 1 aliphatic carbocycles. The van der Waals surface area contributed by atoms with Gasteiger partial charge in [0.05, 0.1) is 43.8 Å². The Balaban J connectivity index is 1.52. The van der Waals surface area contributed by atoms with Crippen molar-refractivity contribution in [2.45, 2.75) is 51.1 Å². The molecule has 2 N–H and O–H groups in total. The fourth-order valence-corrected chi connectivity index (χ4v) is 5.80. The highest BCUT2D eigenvalue weighted by Crippen LogP contribution is 2.30. The number of amidine groups is 1. The number of ether oxygens (including phenoxy) is 2. The molecule has 2 aliphatic heterocycles. The summed E-state index contributed by atoms with van der Waals surface area (Å²) < 4.78 is 39.6. The van der Waals surface area contributed by atoms with Gasteiger partial charge < -0.3 is 29.9 Å². The largest absolute Gasteiger partial charge is 0.386 e. The molecule has 1 aromatic carbocycles. The summed E-state index contributed by atoms with van der Waals surface area (Å²) in [5.41, 5.74) is 1.37. The van der Waals surface area contributed by atoms with Gasteiger partial charge in [0.2, 0.25) is 5.96 Å². The number of alkyl halides is 2. The van der Waals surface area contributed by atoms with Gasteiger partial charge in [0, 0.05) is 59.1 Å². The molecule has 228 valence electrons. The Hall–Kier alpha value is -2.76. The Bertz CT molecular complexity index is 1020. The molecule has 3 aliphatic rings. The molecule has 1 atom stereocenters. The maximum absolute atomic E-state index is 14.3. The van der Waals surface area contributed by atoms with Gasteiger partial charge in [0.15, 0.2) is 0 Å². The van der Waals surface area contributed by atoms with Crippen molar-refractivity contribution in [3.05, 3.63) is 36.5 Å². The van der Waals surface area contributed by atoms with E-state index in [0.717, 1.165) is 64.5 Å². The van der Waals surface area contributed by atoms with Crippen molar-refractivity contribution >= 4 is 23.2 Å². The summed E-state index contributed by atoms with van der Waals surface area (Å²) >= 11 is 0. The molecule has 4 rings (SSSR count). The second kappa shape index (κ2) is 16.0. The maximum Gasteiger partial charge on any atom is 0.258 e. The van der Waals surface area contributed by atoms with Crippen LogP contribution in [0.1, 0.15) is 32.6 Å². The van der Waals surface area contributed by atoms with Crippen molar-refractivity contribution < 1.29 is 18.3 Å². The van der Waals surface area contributed by atoms with Crippen LogP contribution in [-0.2, 0) is 9.47 Å². The molecule has 0 aromatic heterocycles. The molecule has 1 saturated carbocycles. The fourth-order valence-electron chi connectivity index (χ4n) is 5.80. The Morgan fingerprint density at radius 1 is 1.05 bits per heavy atom.